The van der Waals surface area contributed by atoms with Crippen molar-refractivity contribution in [2.75, 3.05) is 12.9 Å². The van der Waals surface area contributed by atoms with E-state index in [0.29, 0.717) is 19.3 Å². The highest BCUT2D eigenvalue weighted by molar-refractivity contribution is 7.91. The molecule has 12 heavy (non-hydrogen) atoms. The highest BCUT2D eigenvalue weighted by Gasteiger charge is 2.39. The van der Waals surface area contributed by atoms with Gasteiger partial charge >= 0.3 is 0 Å². The normalized spacial score (nSPS) is 37.1. The molecule has 0 saturated heterocycles. The van der Waals surface area contributed by atoms with Gasteiger partial charge in [-0.1, -0.05) is 0 Å². The SMILES string of the molecule is CS(=O)(=O)[C@H]1CC[C@@](N)(CO)C1. The van der Waals surface area contributed by atoms with Gasteiger partial charge in [-0.25, -0.2) is 8.42 Å². The summed E-state index contributed by atoms with van der Waals surface area (Å²) in [6.45, 7) is -0.126. The Kier molecular flexibility index (Phi) is 2.47. The van der Waals surface area contributed by atoms with Crippen molar-refractivity contribution in [3.8, 4) is 0 Å². The van der Waals surface area contributed by atoms with Gasteiger partial charge in [0, 0.05) is 11.8 Å². The van der Waals surface area contributed by atoms with Gasteiger partial charge in [0.1, 0.15) is 9.84 Å². The predicted molar refractivity (Wildman–Crippen MR) is 46.5 cm³/mol. The third-order valence-electron chi connectivity index (χ3n) is 2.52. The zero-order chi connectivity index (χ0) is 9.41. The van der Waals surface area contributed by atoms with E-state index in [9.17, 15) is 8.42 Å². The first-order valence-electron chi connectivity index (χ1n) is 3.96. The lowest BCUT2D eigenvalue weighted by Gasteiger charge is -2.20. The van der Waals surface area contributed by atoms with E-state index in [-0.39, 0.29) is 11.9 Å². The minimum absolute atomic E-state index is 0.126. The highest BCUT2D eigenvalue weighted by atomic mass is 32.2. The molecule has 0 spiro atoms. The number of sulfone groups is 1. The van der Waals surface area contributed by atoms with E-state index in [1.165, 1.54) is 6.26 Å². The average molecular weight is 193 g/mol. The zero-order valence-electron chi connectivity index (χ0n) is 7.16. The first-order chi connectivity index (χ1) is 5.37. The van der Waals surface area contributed by atoms with Crippen LogP contribution in [0.5, 0.6) is 0 Å². The molecule has 0 amide bonds. The van der Waals surface area contributed by atoms with Gasteiger partial charge in [-0.05, 0) is 19.3 Å². The van der Waals surface area contributed by atoms with Crippen molar-refractivity contribution in [1.82, 2.24) is 0 Å². The van der Waals surface area contributed by atoms with Crippen molar-refractivity contribution < 1.29 is 13.5 Å². The Morgan fingerprint density at radius 1 is 1.67 bits per heavy atom. The fourth-order valence-electron chi connectivity index (χ4n) is 1.62. The second-order valence-electron chi connectivity index (χ2n) is 3.71. The van der Waals surface area contributed by atoms with Gasteiger partial charge in [0.15, 0.2) is 0 Å². The van der Waals surface area contributed by atoms with Crippen molar-refractivity contribution in [1.29, 1.82) is 0 Å². The molecule has 3 N–H and O–H groups in total. The standard InChI is InChI=1S/C7H15NO3S/c1-12(10,11)6-2-3-7(8,4-6)5-9/h6,9H,2-5,8H2,1H3/t6-,7-/m0/s1. The molecule has 1 fully saturated rings. The summed E-state index contributed by atoms with van der Waals surface area (Å²) in [5.74, 6) is 0. The molecule has 0 bridgehead atoms. The number of rotatable bonds is 2. The number of aliphatic hydroxyl groups is 1. The molecular formula is C7H15NO3S. The molecular weight excluding hydrogens is 178 g/mol. The van der Waals surface area contributed by atoms with Crippen molar-refractivity contribution in [3.05, 3.63) is 0 Å². The number of aliphatic hydroxyl groups excluding tert-OH is 1. The Hall–Kier alpha value is -0.130. The molecule has 0 unspecified atom stereocenters. The summed E-state index contributed by atoms with van der Waals surface area (Å²) in [5.41, 5.74) is 5.07. The van der Waals surface area contributed by atoms with Crippen molar-refractivity contribution in [2.45, 2.75) is 30.1 Å². The van der Waals surface area contributed by atoms with Crippen LogP contribution in [-0.2, 0) is 9.84 Å². The molecule has 0 aromatic heterocycles. The number of hydrogen-bond acceptors (Lipinski definition) is 4. The Balaban J connectivity index is 2.70. The van der Waals surface area contributed by atoms with Crippen LogP contribution in [0.4, 0.5) is 0 Å². The van der Waals surface area contributed by atoms with E-state index in [2.05, 4.69) is 0 Å². The lowest BCUT2D eigenvalue weighted by atomic mass is 10.0. The largest absolute Gasteiger partial charge is 0.394 e. The molecule has 72 valence electrons. The molecule has 1 saturated carbocycles. The molecule has 1 rings (SSSR count). The van der Waals surface area contributed by atoms with Crippen LogP contribution in [0.15, 0.2) is 0 Å². The van der Waals surface area contributed by atoms with Crippen LogP contribution < -0.4 is 5.73 Å². The number of nitrogens with two attached hydrogens (primary N) is 1. The molecule has 0 aliphatic heterocycles. The van der Waals surface area contributed by atoms with Crippen LogP contribution in [0.3, 0.4) is 0 Å². The van der Waals surface area contributed by atoms with E-state index >= 15 is 0 Å². The molecule has 0 radical (unpaired) electrons. The van der Waals surface area contributed by atoms with E-state index < -0.39 is 15.4 Å². The summed E-state index contributed by atoms with van der Waals surface area (Å²) in [7, 11) is -2.97. The fourth-order valence-corrected chi connectivity index (χ4v) is 2.80. The minimum atomic E-state index is -2.97. The van der Waals surface area contributed by atoms with Gasteiger partial charge in [-0.2, -0.15) is 0 Å². The molecule has 2 atom stereocenters. The first kappa shape index (κ1) is 9.95. The summed E-state index contributed by atoms with van der Waals surface area (Å²) in [4.78, 5) is 0. The van der Waals surface area contributed by atoms with Crippen LogP contribution in [-0.4, -0.2) is 37.2 Å². The van der Waals surface area contributed by atoms with Gasteiger partial charge in [-0.15, -0.1) is 0 Å². The highest BCUT2D eigenvalue weighted by Crippen LogP contribution is 2.31. The average Bonchev–Trinajstić information content (AvgIpc) is 2.32. The molecule has 1 aliphatic rings. The molecule has 0 heterocycles. The molecule has 4 nitrogen and oxygen atoms in total. The minimum Gasteiger partial charge on any atom is -0.394 e. The summed E-state index contributed by atoms with van der Waals surface area (Å²) in [5, 5.41) is 8.54. The van der Waals surface area contributed by atoms with Crippen LogP contribution in [0, 0.1) is 0 Å². The molecule has 5 heteroatoms. The fraction of sp³-hybridized carbons (Fsp3) is 1.00. The third-order valence-corrected chi connectivity index (χ3v) is 4.13. The second kappa shape index (κ2) is 2.97. The van der Waals surface area contributed by atoms with E-state index in [1.54, 1.807) is 0 Å². The van der Waals surface area contributed by atoms with Gasteiger partial charge < -0.3 is 10.8 Å². The maximum Gasteiger partial charge on any atom is 0.150 e. The third kappa shape index (κ3) is 1.97. The zero-order valence-corrected chi connectivity index (χ0v) is 7.97. The Morgan fingerprint density at radius 2 is 2.25 bits per heavy atom. The Morgan fingerprint density at radius 3 is 2.50 bits per heavy atom. The Labute approximate surface area is 72.7 Å². The summed E-state index contributed by atoms with van der Waals surface area (Å²) >= 11 is 0. The van der Waals surface area contributed by atoms with Gasteiger partial charge in [0.25, 0.3) is 0 Å². The van der Waals surface area contributed by atoms with Crippen molar-refractivity contribution in [3.63, 3.8) is 0 Å². The van der Waals surface area contributed by atoms with Gasteiger partial charge in [0.05, 0.1) is 11.9 Å². The summed E-state index contributed by atoms with van der Waals surface area (Å²) in [6, 6.07) is 0. The lowest BCUT2D eigenvalue weighted by Crippen LogP contribution is -2.41. The summed E-state index contributed by atoms with van der Waals surface area (Å²) < 4.78 is 22.2. The smallest absolute Gasteiger partial charge is 0.150 e. The van der Waals surface area contributed by atoms with Crippen LogP contribution >= 0.6 is 0 Å². The van der Waals surface area contributed by atoms with Crippen molar-refractivity contribution >= 4 is 9.84 Å². The maximum absolute atomic E-state index is 11.1. The van der Waals surface area contributed by atoms with E-state index in [1.807, 2.05) is 0 Å². The first-order valence-corrected chi connectivity index (χ1v) is 5.91. The molecule has 0 aromatic rings. The topological polar surface area (TPSA) is 80.4 Å². The number of hydrogen-bond donors (Lipinski definition) is 2. The molecule has 0 aromatic carbocycles. The quantitative estimate of drug-likeness (QED) is 0.606. The van der Waals surface area contributed by atoms with Crippen LogP contribution in [0.25, 0.3) is 0 Å². The van der Waals surface area contributed by atoms with E-state index in [0.717, 1.165) is 0 Å². The van der Waals surface area contributed by atoms with Gasteiger partial charge in [0.2, 0.25) is 0 Å². The van der Waals surface area contributed by atoms with Gasteiger partial charge in [-0.3, -0.25) is 0 Å². The predicted octanol–water partition coefficient (Wildman–Crippen LogP) is -0.727. The van der Waals surface area contributed by atoms with E-state index in [4.69, 9.17) is 10.8 Å². The lowest BCUT2D eigenvalue weighted by molar-refractivity contribution is 0.200. The van der Waals surface area contributed by atoms with Crippen LogP contribution in [0.1, 0.15) is 19.3 Å². The monoisotopic (exact) mass is 193 g/mol. The van der Waals surface area contributed by atoms with Crippen LogP contribution in [0.2, 0.25) is 0 Å². The molecule has 1 aliphatic carbocycles. The van der Waals surface area contributed by atoms with Crippen molar-refractivity contribution in [2.24, 2.45) is 5.73 Å². The summed E-state index contributed by atoms with van der Waals surface area (Å²) in [6.07, 6.45) is 2.79. The Bertz CT molecular complexity index is 262. The maximum atomic E-state index is 11.1. The second-order valence-corrected chi connectivity index (χ2v) is 6.04.